The molecule has 2 aliphatic rings. The van der Waals surface area contributed by atoms with Crippen molar-refractivity contribution >= 4 is 11.8 Å². The maximum absolute atomic E-state index is 12.5. The smallest absolute Gasteiger partial charge is 0.253 e. The van der Waals surface area contributed by atoms with Gasteiger partial charge in [0.15, 0.2) is 0 Å². The number of carbonyl (C=O) groups excluding carboxylic acids is 2. The summed E-state index contributed by atoms with van der Waals surface area (Å²) in [6.45, 7) is 0. The molecule has 2 amide bonds. The standard InChI is InChI=1S/C20H29N3O2/c24-19(22-17-8-4-1-2-5-9-17)15-12-16(14-21-13-15)20(25)23-18-10-6-3-7-11-18/h12-14,17-18H,1-11H2,(H,22,24)(H,23,25). The zero-order valence-electron chi connectivity index (χ0n) is 14.9. The largest absolute Gasteiger partial charge is 0.349 e. The lowest BCUT2D eigenvalue weighted by atomic mass is 9.95. The first-order valence-electron chi connectivity index (χ1n) is 9.79. The molecule has 25 heavy (non-hydrogen) atoms. The molecule has 3 rings (SSSR count). The van der Waals surface area contributed by atoms with Crippen LogP contribution in [0.3, 0.4) is 0 Å². The van der Waals surface area contributed by atoms with E-state index in [1.165, 1.54) is 44.9 Å². The number of pyridine rings is 1. The minimum Gasteiger partial charge on any atom is -0.349 e. The molecule has 0 spiro atoms. The van der Waals surface area contributed by atoms with E-state index in [4.69, 9.17) is 0 Å². The zero-order chi connectivity index (χ0) is 17.5. The molecule has 0 saturated heterocycles. The van der Waals surface area contributed by atoms with Gasteiger partial charge in [-0.25, -0.2) is 0 Å². The molecule has 0 atom stereocenters. The number of rotatable bonds is 4. The summed E-state index contributed by atoms with van der Waals surface area (Å²) in [5, 5.41) is 6.19. The van der Waals surface area contributed by atoms with E-state index in [-0.39, 0.29) is 23.9 Å². The molecule has 5 heteroatoms. The minimum absolute atomic E-state index is 0.119. The van der Waals surface area contributed by atoms with Gasteiger partial charge in [-0.2, -0.15) is 0 Å². The zero-order valence-corrected chi connectivity index (χ0v) is 14.9. The summed E-state index contributed by atoms with van der Waals surface area (Å²) >= 11 is 0. The number of amides is 2. The first kappa shape index (κ1) is 17.9. The predicted molar refractivity (Wildman–Crippen MR) is 97.5 cm³/mol. The first-order chi connectivity index (χ1) is 12.2. The number of aromatic nitrogens is 1. The fourth-order valence-electron chi connectivity index (χ4n) is 3.90. The first-order valence-corrected chi connectivity index (χ1v) is 9.79. The highest BCUT2D eigenvalue weighted by molar-refractivity contribution is 5.99. The van der Waals surface area contributed by atoms with Crippen LogP contribution in [0.1, 0.15) is 91.3 Å². The second kappa shape index (κ2) is 8.97. The van der Waals surface area contributed by atoms with Crippen molar-refractivity contribution in [1.82, 2.24) is 15.6 Å². The third-order valence-electron chi connectivity index (χ3n) is 5.39. The van der Waals surface area contributed by atoms with Crippen LogP contribution in [0.15, 0.2) is 18.5 Å². The van der Waals surface area contributed by atoms with E-state index in [9.17, 15) is 9.59 Å². The molecule has 0 radical (unpaired) electrons. The Morgan fingerprint density at radius 2 is 1.12 bits per heavy atom. The van der Waals surface area contributed by atoms with Crippen molar-refractivity contribution in [1.29, 1.82) is 0 Å². The fourth-order valence-corrected chi connectivity index (χ4v) is 3.90. The molecular weight excluding hydrogens is 314 g/mol. The third-order valence-corrected chi connectivity index (χ3v) is 5.39. The molecule has 5 nitrogen and oxygen atoms in total. The lowest BCUT2D eigenvalue weighted by Crippen LogP contribution is -2.37. The summed E-state index contributed by atoms with van der Waals surface area (Å²) in [7, 11) is 0. The Hall–Kier alpha value is -1.91. The van der Waals surface area contributed by atoms with Gasteiger partial charge in [0.25, 0.3) is 11.8 Å². The quantitative estimate of drug-likeness (QED) is 0.821. The van der Waals surface area contributed by atoms with Gasteiger partial charge in [-0.3, -0.25) is 14.6 Å². The van der Waals surface area contributed by atoms with Crippen molar-refractivity contribution in [3.63, 3.8) is 0 Å². The van der Waals surface area contributed by atoms with Gasteiger partial charge < -0.3 is 10.6 Å². The molecular formula is C20H29N3O2. The van der Waals surface area contributed by atoms with Gasteiger partial charge >= 0.3 is 0 Å². The molecule has 0 aromatic carbocycles. The Morgan fingerprint density at radius 3 is 1.56 bits per heavy atom. The highest BCUT2D eigenvalue weighted by Crippen LogP contribution is 2.19. The monoisotopic (exact) mass is 343 g/mol. The Kier molecular flexibility index (Phi) is 6.42. The lowest BCUT2D eigenvalue weighted by molar-refractivity contribution is 0.0927. The second-order valence-corrected chi connectivity index (χ2v) is 7.43. The van der Waals surface area contributed by atoms with Gasteiger partial charge in [-0.1, -0.05) is 44.9 Å². The summed E-state index contributed by atoms with van der Waals surface area (Å²) in [6.07, 6.45) is 15.7. The van der Waals surface area contributed by atoms with Gasteiger partial charge in [-0.15, -0.1) is 0 Å². The van der Waals surface area contributed by atoms with Crippen molar-refractivity contribution < 1.29 is 9.59 Å². The number of carbonyl (C=O) groups is 2. The Morgan fingerprint density at radius 1 is 0.720 bits per heavy atom. The second-order valence-electron chi connectivity index (χ2n) is 7.43. The van der Waals surface area contributed by atoms with E-state index in [0.29, 0.717) is 11.1 Å². The topological polar surface area (TPSA) is 71.1 Å². The van der Waals surface area contributed by atoms with Gasteiger partial charge in [0.05, 0.1) is 11.1 Å². The summed E-state index contributed by atoms with van der Waals surface area (Å²) in [4.78, 5) is 29.1. The Bertz CT molecular complexity index is 588. The van der Waals surface area contributed by atoms with Crippen LogP contribution in [0.5, 0.6) is 0 Å². The summed E-state index contributed by atoms with van der Waals surface area (Å²) in [6, 6.07) is 2.16. The van der Waals surface area contributed by atoms with Crippen LogP contribution < -0.4 is 10.6 Å². The molecule has 2 N–H and O–H groups in total. The van der Waals surface area contributed by atoms with Crippen molar-refractivity contribution in [3.05, 3.63) is 29.6 Å². The number of hydrogen-bond donors (Lipinski definition) is 2. The van der Waals surface area contributed by atoms with E-state index in [1.54, 1.807) is 18.5 Å². The molecule has 2 fully saturated rings. The van der Waals surface area contributed by atoms with Gasteiger partial charge in [0, 0.05) is 24.5 Å². The van der Waals surface area contributed by atoms with Gasteiger partial charge in [0.2, 0.25) is 0 Å². The molecule has 2 aliphatic carbocycles. The van der Waals surface area contributed by atoms with Crippen molar-refractivity contribution in [2.75, 3.05) is 0 Å². The van der Waals surface area contributed by atoms with Crippen molar-refractivity contribution in [3.8, 4) is 0 Å². The highest BCUT2D eigenvalue weighted by atomic mass is 16.2. The average Bonchev–Trinajstić information content (AvgIpc) is 2.91. The lowest BCUT2D eigenvalue weighted by Gasteiger charge is -2.22. The molecule has 1 aromatic rings. The average molecular weight is 343 g/mol. The van der Waals surface area contributed by atoms with Crippen molar-refractivity contribution in [2.45, 2.75) is 82.7 Å². The van der Waals surface area contributed by atoms with E-state index >= 15 is 0 Å². The van der Waals surface area contributed by atoms with Crippen LogP contribution in [0.2, 0.25) is 0 Å². The normalized spacial score (nSPS) is 19.8. The predicted octanol–water partition coefficient (Wildman–Crippen LogP) is 3.60. The summed E-state index contributed by atoms with van der Waals surface area (Å²) < 4.78 is 0. The molecule has 1 aromatic heterocycles. The summed E-state index contributed by atoms with van der Waals surface area (Å²) in [5.74, 6) is -0.241. The van der Waals surface area contributed by atoms with E-state index < -0.39 is 0 Å². The van der Waals surface area contributed by atoms with Crippen molar-refractivity contribution in [2.24, 2.45) is 0 Å². The van der Waals surface area contributed by atoms with Gasteiger partial charge in [0.1, 0.15) is 0 Å². The van der Waals surface area contributed by atoms with Crippen LogP contribution in [-0.2, 0) is 0 Å². The Balaban J connectivity index is 1.59. The molecule has 2 saturated carbocycles. The van der Waals surface area contributed by atoms with E-state index in [2.05, 4.69) is 15.6 Å². The van der Waals surface area contributed by atoms with Crippen LogP contribution in [-0.4, -0.2) is 28.9 Å². The van der Waals surface area contributed by atoms with Crippen LogP contribution in [0, 0.1) is 0 Å². The van der Waals surface area contributed by atoms with E-state index in [1.807, 2.05) is 0 Å². The van der Waals surface area contributed by atoms with Crippen LogP contribution in [0.25, 0.3) is 0 Å². The molecule has 0 aliphatic heterocycles. The van der Waals surface area contributed by atoms with E-state index in [0.717, 1.165) is 25.7 Å². The third kappa shape index (κ3) is 5.28. The van der Waals surface area contributed by atoms with Gasteiger partial charge in [-0.05, 0) is 31.7 Å². The molecule has 1 heterocycles. The minimum atomic E-state index is -0.122. The van der Waals surface area contributed by atoms with Crippen LogP contribution in [0.4, 0.5) is 0 Å². The number of hydrogen-bond acceptors (Lipinski definition) is 3. The molecule has 136 valence electrons. The maximum atomic E-state index is 12.5. The summed E-state index contributed by atoms with van der Waals surface area (Å²) in [5.41, 5.74) is 0.944. The molecule has 0 bridgehead atoms. The Labute approximate surface area is 150 Å². The number of nitrogens with zero attached hydrogens (tertiary/aromatic N) is 1. The van der Waals surface area contributed by atoms with Crippen LogP contribution >= 0.6 is 0 Å². The fraction of sp³-hybridized carbons (Fsp3) is 0.650. The SMILES string of the molecule is O=C(NC1CCCCCC1)c1cncc(C(=O)NC2CCCCC2)c1. The highest BCUT2D eigenvalue weighted by Gasteiger charge is 2.19. The maximum Gasteiger partial charge on any atom is 0.253 e. The molecule has 0 unspecified atom stereocenters. The number of nitrogens with one attached hydrogen (secondary N) is 2.